The Morgan fingerprint density at radius 1 is 1.26 bits per heavy atom. The van der Waals surface area contributed by atoms with E-state index >= 15 is 0 Å². The van der Waals surface area contributed by atoms with Gasteiger partial charge in [0.05, 0.1) is 12.2 Å². The Kier molecular flexibility index (Phi) is 5.48. The highest BCUT2D eigenvalue weighted by Crippen LogP contribution is 2.46. The number of esters is 1. The topological polar surface area (TPSA) is 55.4 Å². The van der Waals surface area contributed by atoms with Crippen LogP contribution in [0.15, 0.2) is 46.8 Å². The van der Waals surface area contributed by atoms with Crippen LogP contribution in [-0.2, 0) is 14.3 Å². The molecular weight excluding hydrogens is 362 g/mol. The Hall–Kier alpha value is -2.07. The summed E-state index contributed by atoms with van der Waals surface area (Å²) >= 11 is 6.06. The van der Waals surface area contributed by atoms with Gasteiger partial charge in [0.2, 0.25) is 0 Å². The first-order valence-electron chi connectivity index (χ1n) is 9.40. The predicted molar refractivity (Wildman–Crippen MR) is 106 cm³/mol. The van der Waals surface area contributed by atoms with Crippen molar-refractivity contribution in [3.05, 3.63) is 57.4 Å². The molecule has 5 heteroatoms. The maximum absolute atomic E-state index is 13.1. The van der Waals surface area contributed by atoms with E-state index in [2.05, 4.69) is 19.2 Å². The van der Waals surface area contributed by atoms with E-state index in [1.807, 2.05) is 26.0 Å². The molecule has 1 heterocycles. The number of nitrogens with one attached hydrogen (secondary N) is 1. The summed E-state index contributed by atoms with van der Waals surface area (Å²) in [4.78, 5) is 25.9. The van der Waals surface area contributed by atoms with Gasteiger partial charge in [0.15, 0.2) is 5.78 Å². The number of carbonyl (C=O) groups excluding carboxylic acids is 2. The number of rotatable bonds is 4. The Labute approximate surface area is 165 Å². The molecular formula is C22H26ClNO3. The van der Waals surface area contributed by atoms with Gasteiger partial charge in [-0.2, -0.15) is 0 Å². The SMILES string of the molecule is CCCOC(=O)C1=C(C)NC2=C(C(=O)CC(C)(C)C2)[C@@H]1c1ccc(Cl)cc1. The molecule has 1 aliphatic heterocycles. The molecule has 1 aromatic carbocycles. The summed E-state index contributed by atoms with van der Waals surface area (Å²) < 4.78 is 5.44. The molecule has 0 saturated carbocycles. The van der Waals surface area contributed by atoms with E-state index in [1.165, 1.54) is 0 Å². The molecule has 27 heavy (non-hydrogen) atoms. The molecule has 1 atom stereocenters. The molecule has 0 radical (unpaired) electrons. The highest BCUT2D eigenvalue weighted by molar-refractivity contribution is 6.30. The number of allylic oxidation sites excluding steroid dienone is 3. The molecule has 1 aromatic rings. The molecule has 0 bridgehead atoms. The molecule has 0 fully saturated rings. The molecule has 0 spiro atoms. The number of Topliss-reactive ketones (excluding diaryl/α,β-unsaturated/α-hetero) is 1. The van der Waals surface area contributed by atoms with Crippen molar-refractivity contribution in [3.63, 3.8) is 0 Å². The first-order chi connectivity index (χ1) is 12.7. The van der Waals surface area contributed by atoms with Gasteiger partial charge in [-0.15, -0.1) is 0 Å². The summed E-state index contributed by atoms with van der Waals surface area (Å²) in [5.41, 5.74) is 3.64. The standard InChI is InChI=1S/C22H26ClNO3/c1-5-10-27-21(26)18-13(2)24-16-11-22(3,4)12-17(25)20(16)19(18)14-6-8-15(23)9-7-14/h6-9,19,24H,5,10-12H2,1-4H3/t19-/m1/s1. The van der Waals surface area contributed by atoms with E-state index in [1.54, 1.807) is 12.1 Å². The Bertz CT molecular complexity index is 834. The molecule has 4 nitrogen and oxygen atoms in total. The maximum atomic E-state index is 13.1. The fourth-order valence-electron chi connectivity index (χ4n) is 3.97. The van der Waals surface area contributed by atoms with Crippen molar-refractivity contribution >= 4 is 23.4 Å². The lowest BCUT2D eigenvalue weighted by molar-refractivity contribution is -0.139. The van der Waals surface area contributed by atoms with Crippen LogP contribution in [0.3, 0.4) is 0 Å². The number of dihydropyridines is 1. The molecule has 144 valence electrons. The minimum atomic E-state index is -0.425. The van der Waals surface area contributed by atoms with Crippen molar-refractivity contribution < 1.29 is 14.3 Å². The van der Waals surface area contributed by atoms with Crippen LogP contribution in [0, 0.1) is 5.41 Å². The van der Waals surface area contributed by atoms with Crippen molar-refractivity contribution in [2.75, 3.05) is 6.61 Å². The van der Waals surface area contributed by atoms with Crippen LogP contribution in [0.25, 0.3) is 0 Å². The second kappa shape index (κ2) is 7.51. The average Bonchev–Trinajstić information content (AvgIpc) is 2.58. The molecule has 0 amide bonds. The van der Waals surface area contributed by atoms with Crippen molar-refractivity contribution in [3.8, 4) is 0 Å². The lowest BCUT2D eigenvalue weighted by atomic mass is 9.68. The molecule has 0 unspecified atom stereocenters. The second-order valence-electron chi connectivity index (χ2n) is 8.12. The third-order valence-electron chi connectivity index (χ3n) is 5.10. The first kappa shape index (κ1) is 19.7. The number of benzene rings is 1. The first-order valence-corrected chi connectivity index (χ1v) is 9.78. The lowest BCUT2D eigenvalue weighted by Crippen LogP contribution is -2.38. The Morgan fingerprint density at radius 3 is 2.56 bits per heavy atom. The minimum Gasteiger partial charge on any atom is -0.462 e. The average molecular weight is 388 g/mol. The van der Waals surface area contributed by atoms with E-state index in [0.717, 1.165) is 29.8 Å². The Balaban J connectivity index is 2.12. The van der Waals surface area contributed by atoms with E-state index in [0.29, 0.717) is 29.2 Å². The predicted octanol–water partition coefficient (Wildman–Crippen LogP) is 4.90. The van der Waals surface area contributed by atoms with Crippen LogP contribution in [0.1, 0.15) is 58.4 Å². The molecule has 1 aliphatic carbocycles. The third kappa shape index (κ3) is 3.96. The molecule has 0 saturated heterocycles. The van der Waals surface area contributed by atoms with Gasteiger partial charge in [-0.1, -0.05) is 44.5 Å². The zero-order chi connectivity index (χ0) is 19.8. The number of halogens is 1. The molecule has 0 aromatic heterocycles. The summed E-state index contributed by atoms with van der Waals surface area (Å²) in [6.07, 6.45) is 1.99. The van der Waals surface area contributed by atoms with E-state index in [4.69, 9.17) is 16.3 Å². The Morgan fingerprint density at radius 2 is 1.93 bits per heavy atom. The summed E-state index contributed by atoms with van der Waals surface area (Å²) in [6.45, 7) is 8.38. The number of ketones is 1. The number of carbonyl (C=O) groups is 2. The van der Waals surface area contributed by atoms with E-state index < -0.39 is 5.92 Å². The monoisotopic (exact) mass is 387 g/mol. The fourth-order valence-corrected chi connectivity index (χ4v) is 4.09. The van der Waals surface area contributed by atoms with Gasteiger partial charge in [-0.3, -0.25) is 4.79 Å². The van der Waals surface area contributed by atoms with Crippen molar-refractivity contribution in [1.82, 2.24) is 5.32 Å². The molecule has 2 aliphatic rings. The second-order valence-corrected chi connectivity index (χ2v) is 8.55. The van der Waals surface area contributed by atoms with Gasteiger partial charge in [-0.25, -0.2) is 4.79 Å². The normalized spacial score (nSPS) is 21.7. The van der Waals surface area contributed by atoms with E-state index in [-0.39, 0.29) is 17.2 Å². The zero-order valence-electron chi connectivity index (χ0n) is 16.3. The van der Waals surface area contributed by atoms with Crippen LogP contribution >= 0.6 is 11.6 Å². The van der Waals surface area contributed by atoms with Crippen LogP contribution in [0.5, 0.6) is 0 Å². The number of hydrogen-bond donors (Lipinski definition) is 1. The van der Waals surface area contributed by atoms with Crippen molar-refractivity contribution in [1.29, 1.82) is 0 Å². The van der Waals surface area contributed by atoms with Crippen molar-refractivity contribution in [2.45, 2.75) is 52.9 Å². The van der Waals surface area contributed by atoms with Crippen molar-refractivity contribution in [2.24, 2.45) is 5.41 Å². The van der Waals surface area contributed by atoms with Gasteiger partial charge >= 0.3 is 5.97 Å². The molecule has 1 N–H and O–H groups in total. The smallest absolute Gasteiger partial charge is 0.336 e. The van der Waals surface area contributed by atoms with Crippen LogP contribution in [0.4, 0.5) is 0 Å². The maximum Gasteiger partial charge on any atom is 0.336 e. The fraction of sp³-hybridized carbons (Fsp3) is 0.455. The van der Waals surface area contributed by atoms with Crippen LogP contribution < -0.4 is 5.32 Å². The summed E-state index contributed by atoms with van der Waals surface area (Å²) in [5.74, 6) is -0.709. The molecule has 3 rings (SSSR count). The highest BCUT2D eigenvalue weighted by Gasteiger charge is 2.43. The van der Waals surface area contributed by atoms with Gasteiger partial charge in [-0.05, 0) is 42.9 Å². The van der Waals surface area contributed by atoms with Gasteiger partial charge in [0, 0.05) is 34.3 Å². The number of hydrogen-bond acceptors (Lipinski definition) is 4. The van der Waals surface area contributed by atoms with Gasteiger partial charge < -0.3 is 10.1 Å². The highest BCUT2D eigenvalue weighted by atomic mass is 35.5. The largest absolute Gasteiger partial charge is 0.462 e. The van der Waals surface area contributed by atoms with Gasteiger partial charge in [0.25, 0.3) is 0 Å². The lowest BCUT2D eigenvalue weighted by Gasteiger charge is -2.39. The summed E-state index contributed by atoms with van der Waals surface area (Å²) in [5, 5.41) is 3.95. The third-order valence-corrected chi connectivity index (χ3v) is 5.35. The van der Waals surface area contributed by atoms with Crippen LogP contribution in [0.2, 0.25) is 5.02 Å². The van der Waals surface area contributed by atoms with Gasteiger partial charge in [0.1, 0.15) is 0 Å². The summed E-state index contributed by atoms with van der Waals surface area (Å²) in [7, 11) is 0. The number of ether oxygens (including phenoxy) is 1. The van der Waals surface area contributed by atoms with Crippen LogP contribution in [-0.4, -0.2) is 18.4 Å². The summed E-state index contributed by atoms with van der Waals surface area (Å²) in [6, 6.07) is 7.36. The quantitative estimate of drug-likeness (QED) is 0.747. The zero-order valence-corrected chi connectivity index (χ0v) is 17.1. The van der Waals surface area contributed by atoms with E-state index in [9.17, 15) is 9.59 Å². The minimum absolute atomic E-state index is 0.0852.